The minimum absolute atomic E-state index is 0.676. The Morgan fingerprint density at radius 2 is 1.46 bits per heavy atom. The topological polar surface area (TPSA) is 12.0 Å². The molecule has 0 heterocycles. The van der Waals surface area contributed by atoms with Crippen molar-refractivity contribution in [3.05, 3.63) is 94.0 Å². The first-order valence-corrected chi connectivity index (χ1v) is 8.77. The molecule has 0 atom stereocenters. The van der Waals surface area contributed by atoms with E-state index in [9.17, 15) is 0 Å². The molecule has 0 fully saturated rings. The third kappa shape index (κ3) is 4.61. The Morgan fingerprint density at radius 1 is 0.750 bits per heavy atom. The molecule has 0 aromatic heterocycles. The van der Waals surface area contributed by atoms with Gasteiger partial charge in [0, 0.05) is 16.6 Å². The van der Waals surface area contributed by atoms with Crippen LogP contribution in [-0.4, -0.2) is 6.54 Å². The zero-order valence-corrected chi connectivity index (χ0v) is 14.8. The summed E-state index contributed by atoms with van der Waals surface area (Å²) in [4.78, 5) is 0. The molecule has 3 aromatic carbocycles. The van der Waals surface area contributed by atoms with E-state index in [-0.39, 0.29) is 0 Å². The summed E-state index contributed by atoms with van der Waals surface area (Å²) in [6.07, 6.45) is 0.887. The van der Waals surface area contributed by atoms with Gasteiger partial charge in [-0.15, -0.1) is 0 Å². The van der Waals surface area contributed by atoms with Gasteiger partial charge in [0.15, 0.2) is 0 Å². The first kappa shape index (κ1) is 17.0. The van der Waals surface area contributed by atoms with Gasteiger partial charge in [0.25, 0.3) is 0 Å². The van der Waals surface area contributed by atoms with E-state index in [1.807, 2.05) is 18.2 Å². The maximum absolute atomic E-state index is 6.19. The van der Waals surface area contributed by atoms with Crippen molar-refractivity contribution in [2.24, 2.45) is 0 Å². The van der Waals surface area contributed by atoms with E-state index < -0.39 is 0 Å². The molecule has 0 saturated heterocycles. The van der Waals surface area contributed by atoms with Crippen LogP contribution in [-0.2, 0) is 13.0 Å². The van der Waals surface area contributed by atoms with Crippen LogP contribution in [0.4, 0.5) is 0 Å². The molecule has 0 aliphatic carbocycles. The molecule has 0 unspecified atom stereocenters. The summed E-state index contributed by atoms with van der Waals surface area (Å²) in [5.74, 6) is 0. The predicted molar refractivity (Wildman–Crippen MR) is 104 cm³/mol. The van der Waals surface area contributed by atoms with Crippen LogP contribution in [0.3, 0.4) is 0 Å². The zero-order chi connectivity index (χ0) is 16.8. The van der Waals surface area contributed by atoms with Crippen molar-refractivity contribution >= 4 is 23.2 Å². The van der Waals surface area contributed by atoms with Crippen LogP contribution in [0.2, 0.25) is 10.0 Å². The van der Waals surface area contributed by atoms with Crippen LogP contribution in [0.5, 0.6) is 0 Å². The lowest BCUT2D eigenvalue weighted by Gasteiger charge is -2.08. The summed E-state index contributed by atoms with van der Waals surface area (Å²) in [6.45, 7) is 1.72. The minimum Gasteiger partial charge on any atom is -0.312 e. The van der Waals surface area contributed by atoms with Crippen molar-refractivity contribution in [3.63, 3.8) is 0 Å². The van der Waals surface area contributed by atoms with E-state index in [1.54, 1.807) is 6.07 Å². The average molecular weight is 356 g/mol. The Morgan fingerprint density at radius 3 is 2.17 bits per heavy atom. The Bertz CT molecular complexity index is 783. The van der Waals surface area contributed by atoms with Gasteiger partial charge in [0.05, 0.1) is 0 Å². The fourth-order valence-electron chi connectivity index (χ4n) is 2.63. The fourth-order valence-corrected chi connectivity index (χ4v) is 3.13. The largest absolute Gasteiger partial charge is 0.312 e. The fraction of sp³-hybridized carbons (Fsp3) is 0.143. The number of halogens is 2. The summed E-state index contributed by atoms with van der Waals surface area (Å²) in [6, 6.07) is 24.8. The highest BCUT2D eigenvalue weighted by Crippen LogP contribution is 2.21. The molecular formula is C21H19Cl2N. The second kappa shape index (κ2) is 8.34. The van der Waals surface area contributed by atoms with Crippen LogP contribution in [0.15, 0.2) is 72.8 Å². The van der Waals surface area contributed by atoms with Crippen molar-refractivity contribution in [3.8, 4) is 11.1 Å². The number of hydrogen-bond donors (Lipinski definition) is 1. The number of hydrogen-bond acceptors (Lipinski definition) is 1. The van der Waals surface area contributed by atoms with Gasteiger partial charge in [-0.3, -0.25) is 0 Å². The van der Waals surface area contributed by atoms with Gasteiger partial charge < -0.3 is 5.32 Å². The van der Waals surface area contributed by atoms with E-state index in [2.05, 4.69) is 53.8 Å². The minimum atomic E-state index is 0.676. The maximum atomic E-state index is 6.19. The second-order valence-electron chi connectivity index (χ2n) is 5.73. The first-order chi connectivity index (χ1) is 11.7. The second-order valence-corrected chi connectivity index (χ2v) is 6.57. The molecule has 3 heteroatoms. The lowest BCUT2D eigenvalue weighted by molar-refractivity contribution is 0.687. The van der Waals surface area contributed by atoms with Crippen LogP contribution >= 0.6 is 23.2 Å². The van der Waals surface area contributed by atoms with E-state index in [1.165, 1.54) is 16.7 Å². The molecule has 0 spiro atoms. The van der Waals surface area contributed by atoms with E-state index >= 15 is 0 Å². The van der Waals surface area contributed by atoms with Crippen LogP contribution in [0.1, 0.15) is 11.1 Å². The summed E-state index contributed by atoms with van der Waals surface area (Å²) < 4.78 is 0. The molecule has 0 aliphatic heterocycles. The van der Waals surface area contributed by atoms with Crippen LogP contribution in [0.25, 0.3) is 11.1 Å². The van der Waals surface area contributed by atoms with Crippen molar-refractivity contribution in [2.75, 3.05) is 6.54 Å². The average Bonchev–Trinajstić information content (AvgIpc) is 2.61. The Hall–Kier alpha value is -1.80. The molecule has 122 valence electrons. The number of nitrogens with one attached hydrogen (secondary N) is 1. The third-order valence-electron chi connectivity index (χ3n) is 3.98. The first-order valence-electron chi connectivity index (χ1n) is 8.01. The van der Waals surface area contributed by atoms with E-state index in [0.717, 1.165) is 30.1 Å². The SMILES string of the molecule is Clc1ccc(CCNCc2ccc(-c3ccccc3)cc2)c(Cl)c1. The molecule has 3 rings (SSSR count). The highest BCUT2D eigenvalue weighted by Gasteiger charge is 2.01. The Balaban J connectivity index is 1.50. The summed E-state index contributed by atoms with van der Waals surface area (Å²) in [7, 11) is 0. The van der Waals surface area contributed by atoms with Gasteiger partial charge in [0.1, 0.15) is 0 Å². The van der Waals surface area contributed by atoms with Gasteiger partial charge in [-0.1, -0.05) is 83.9 Å². The summed E-state index contributed by atoms with van der Waals surface area (Å²) >= 11 is 12.1. The van der Waals surface area contributed by atoms with E-state index in [0.29, 0.717) is 5.02 Å². The molecular weight excluding hydrogens is 337 g/mol. The molecule has 1 N–H and O–H groups in total. The Kier molecular flexibility index (Phi) is 5.92. The van der Waals surface area contributed by atoms with Crippen LogP contribution in [0, 0.1) is 0 Å². The molecule has 0 radical (unpaired) electrons. The quantitative estimate of drug-likeness (QED) is 0.535. The van der Waals surface area contributed by atoms with Crippen molar-refractivity contribution in [1.29, 1.82) is 0 Å². The lowest BCUT2D eigenvalue weighted by Crippen LogP contribution is -2.16. The zero-order valence-electron chi connectivity index (χ0n) is 13.3. The number of rotatable bonds is 6. The smallest absolute Gasteiger partial charge is 0.0453 e. The van der Waals surface area contributed by atoms with Gasteiger partial charge >= 0.3 is 0 Å². The highest BCUT2D eigenvalue weighted by atomic mass is 35.5. The van der Waals surface area contributed by atoms with Gasteiger partial charge in [-0.05, 0) is 47.4 Å². The molecule has 0 aliphatic rings. The highest BCUT2D eigenvalue weighted by molar-refractivity contribution is 6.35. The molecule has 0 saturated carbocycles. The van der Waals surface area contributed by atoms with Crippen molar-refractivity contribution < 1.29 is 0 Å². The van der Waals surface area contributed by atoms with Crippen molar-refractivity contribution in [2.45, 2.75) is 13.0 Å². The van der Waals surface area contributed by atoms with Gasteiger partial charge in [-0.2, -0.15) is 0 Å². The standard InChI is InChI=1S/C21H19Cl2N/c22-20-11-10-19(21(23)14-20)12-13-24-15-16-6-8-18(9-7-16)17-4-2-1-3-5-17/h1-11,14,24H,12-13,15H2. The number of benzene rings is 3. The van der Waals surface area contributed by atoms with Gasteiger partial charge in [-0.25, -0.2) is 0 Å². The van der Waals surface area contributed by atoms with E-state index in [4.69, 9.17) is 23.2 Å². The molecule has 24 heavy (non-hydrogen) atoms. The third-order valence-corrected chi connectivity index (χ3v) is 4.56. The van der Waals surface area contributed by atoms with Crippen molar-refractivity contribution in [1.82, 2.24) is 5.32 Å². The normalized spacial score (nSPS) is 10.8. The predicted octanol–water partition coefficient (Wildman–Crippen LogP) is 5.99. The monoisotopic (exact) mass is 355 g/mol. The lowest BCUT2D eigenvalue weighted by atomic mass is 10.0. The molecule has 3 aromatic rings. The van der Waals surface area contributed by atoms with Gasteiger partial charge in [0.2, 0.25) is 0 Å². The summed E-state index contributed by atoms with van der Waals surface area (Å²) in [5.41, 5.74) is 4.88. The summed E-state index contributed by atoms with van der Waals surface area (Å²) in [5, 5.41) is 4.87. The Labute approximate surface area is 153 Å². The maximum Gasteiger partial charge on any atom is 0.0453 e. The molecule has 0 bridgehead atoms. The van der Waals surface area contributed by atoms with Crippen LogP contribution < -0.4 is 5.32 Å². The molecule has 0 amide bonds. The molecule has 1 nitrogen and oxygen atoms in total.